The van der Waals surface area contributed by atoms with Gasteiger partial charge in [0.25, 0.3) is 20.2 Å². The number of hydrogen-bond donors (Lipinski definition) is 3. The standard InChI is InChI=1S/C7H6O8S2/c8-3-4-1-5(16(10,11)12)2-6(7(4)9)17(13,14)15/h1-3,9H,(H,10,11,12)(H,13,14,15). The lowest BCUT2D eigenvalue weighted by molar-refractivity contribution is 0.112. The van der Waals surface area contributed by atoms with Crippen LogP contribution in [0.4, 0.5) is 0 Å². The molecule has 0 spiro atoms. The van der Waals surface area contributed by atoms with Crippen LogP contribution in [0, 0.1) is 0 Å². The van der Waals surface area contributed by atoms with E-state index in [0.717, 1.165) is 0 Å². The highest BCUT2D eigenvalue weighted by Gasteiger charge is 2.23. The quantitative estimate of drug-likeness (QED) is 0.505. The molecule has 0 amide bonds. The average Bonchev–Trinajstić information content (AvgIpc) is 2.14. The highest BCUT2D eigenvalue weighted by molar-refractivity contribution is 7.86. The van der Waals surface area contributed by atoms with Crippen molar-refractivity contribution in [3.8, 4) is 5.75 Å². The molecule has 0 saturated carbocycles. The summed E-state index contributed by atoms with van der Waals surface area (Å²) in [5.74, 6) is -1.10. The summed E-state index contributed by atoms with van der Waals surface area (Å²) in [4.78, 5) is 8.35. The number of phenols is 1. The van der Waals surface area contributed by atoms with Crippen LogP contribution >= 0.6 is 0 Å². The lowest BCUT2D eigenvalue weighted by Gasteiger charge is -2.06. The predicted octanol–water partition coefficient (Wildman–Crippen LogP) is -0.302. The zero-order chi connectivity index (χ0) is 13.4. The fraction of sp³-hybridized carbons (Fsp3) is 0. The van der Waals surface area contributed by atoms with E-state index in [1.807, 2.05) is 0 Å². The molecule has 0 bridgehead atoms. The summed E-state index contributed by atoms with van der Waals surface area (Å²) in [6.45, 7) is 0. The highest BCUT2D eigenvalue weighted by atomic mass is 32.2. The van der Waals surface area contributed by atoms with Gasteiger partial charge in [-0.05, 0) is 12.1 Å². The van der Waals surface area contributed by atoms with Gasteiger partial charge in [-0.2, -0.15) is 16.8 Å². The van der Waals surface area contributed by atoms with Gasteiger partial charge in [-0.15, -0.1) is 0 Å². The maximum atomic E-state index is 10.8. The third kappa shape index (κ3) is 2.79. The highest BCUT2D eigenvalue weighted by Crippen LogP contribution is 2.29. The van der Waals surface area contributed by atoms with E-state index in [4.69, 9.17) is 9.11 Å². The summed E-state index contributed by atoms with van der Waals surface area (Å²) in [6, 6.07) is 0.888. The molecule has 0 fully saturated rings. The fourth-order valence-electron chi connectivity index (χ4n) is 1.04. The molecule has 0 aliphatic heterocycles. The molecule has 17 heavy (non-hydrogen) atoms. The second kappa shape index (κ2) is 4.07. The zero-order valence-electron chi connectivity index (χ0n) is 7.93. The number of carbonyl (C=O) groups is 1. The SMILES string of the molecule is O=Cc1cc(S(=O)(=O)O)cc(S(=O)(=O)O)c1O. The summed E-state index contributed by atoms with van der Waals surface area (Å²) in [5.41, 5.74) is -0.701. The van der Waals surface area contributed by atoms with E-state index in [0.29, 0.717) is 12.1 Å². The number of hydrogen-bond acceptors (Lipinski definition) is 6. The molecule has 0 aliphatic rings. The molecule has 1 rings (SSSR count). The van der Waals surface area contributed by atoms with Gasteiger partial charge in [0, 0.05) is 0 Å². The number of carbonyl (C=O) groups excluding carboxylic acids is 1. The fourth-order valence-corrected chi connectivity index (χ4v) is 2.29. The van der Waals surface area contributed by atoms with Crippen molar-refractivity contribution >= 4 is 26.5 Å². The Bertz CT molecular complexity index is 670. The van der Waals surface area contributed by atoms with Crippen molar-refractivity contribution in [2.75, 3.05) is 0 Å². The second-order valence-corrected chi connectivity index (χ2v) is 5.74. The van der Waals surface area contributed by atoms with Crippen LogP contribution < -0.4 is 0 Å². The van der Waals surface area contributed by atoms with E-state index in [1.165, 1.54) is 0 Å². The van der Waals surface area contributed by atoms with Crippen molar-refractivity contribution in [1.82, 2.24) is 0 Å². The number of benzene rings is 1. The number of phenolic OH excluding ortho intramolecular Hbond substituents is 1. The summed E-state index contributed by atoms with van der Waals surface area (Å²) in [5, 5.41) is 9.27. The Labute approximate surface area is 96.0 Å². The van der Waals surface area contributed by atoms with Crippen LogP contribution in [0.15, 0.2) is 21.9 Å². The minimum Gasteiger partial charge on any atom is -0.506 e. The molecule has 0 radical (unpaired) electrons. The maximum Gasteiger partial charge on any atom is 0.298 e. The molecular formula is C7H6O8S2. The van der Waals surface area contributed by atoms with Gasteiger partial charge in [0.2, 0.25) is 0 Å². The van der Waals surface area contributed by atoms with Crippen LogP contribution in [0.5, 0.6) is 5.75 Å². The molecule has 0 saturated heterocycles. The minimum absolute atomic E-state index is 0.0291. The van der Waals surface area contributed by atoms with Gasteiger partial charge in [0.1, 0.15) is 10.6 Å². The van der Waals surface area contributed by atoms with E-state index >= 15 is 0 Å². The first-order valence-corrected chi connectivity index (χ1v) is 6.72. The van der Waals surface area contributed by atoms with Gasteiger partial charge in [-0.1, -0.05) is 0 Å². The summed E-state index contributed by atoms with van der Waals surface area (Å²) >= 11 is 0. The summed E-state index contributed by atoms with van der Waals surface area (Å²) < 4.78 is 60.5. The smallest absolute Gasteiger partial charge is 0.298 e. The summed E-state index contributed by atoms with van der Waals surface area (Å²) in [7, 11) is -9.71. The molecule has 0 atom stereocenters. The topological polar surface area (TPSA) is 146 Å². The second-order valence-electron chi connectivity index (χ2n) is 2.93. The van der Waals surface area contributed by atoms with Gasteiger partial charge in [0.05, 0.1) is 10.5 Å². The Kier molecular flexibility index (Phi) is 3.25. The Morgan fingerprint density at radius 1 is 1.00 bits per heavy atom. The van der Waals surface area contributed by atoms with Gasteiger partial charge >= 0.3 is 0 Å². The molecule has 1 aromatic carbocycles. The largest absolute Gasteiger partial charge is 0.506 e. The predicted molar refractivity (Wildman–Crippen MR) is 53.1 cm³/mol. The molecular weight excluding hydrogens is 276 g/mol. The Hall–Kier alpha value is -1.49. The molecule has 0 unspecified atom stereocenters. The molecule has 0 aromatic heterocycles. The van der Waals surface area contributed by atoms with Gasteiger partial charge < -0.3 is 5.11 Å². The van der Waals surface area contributed by atoms with Crippen molar-refractivity contribution in [2.45, 2.75) is 9.79 Å². The first kappa shape index (κ1) is 13.6. The first-order valence-electron chi connectivity index (χ1n) is 3.84. The lowest BCUT2D eigenvalue weighted by Crippen LogP contribution is -2.05. The minimum atomic E-state index is -4.93. The van der Waals surface area contributed by atoms with Crippen LogP contribution in [0.2, 0.25) is 0 Å². The van der Waals surface area contributed by atoms with Crippen molar-refractivity contribution in [2.24, 2.45) is 0 Å². The third-order valence-corrected chi connectivity index (χ3v) is 3.48. The molecule has 0 aliphatic carbocycles. The Balaban J connectivity index is 3.81. The van der Waals surface area contributed by atoms with Crippen molar-refractivity contribution in [1.29, 1.82) is 0 Å². The van der Waals surface area contributed by atoms with Crippen molar-refractivity contribution < 1.29 is 35.8 Å². The molecule has 10 heteroatoms. The molecule has 1 aromatic rings. The van der Waals surface area contributed by atoms with E-state index < -0.39 is 41.3 Å². The number of aromatic hydroxyl groups is 1. The Morgan fingerprint density at radius 2 is 1.53 bits per heavy atom. The van der Waals surface area contributed by atoms with Crippen LogP contribution in [-0.4, -0.2) is 37.3 Å². The van der Waals surface area contributed by atoms with Crippen LogP contribution in [0.25, 0.3) is 0 Å². The van der Waals surface area contributed by atoms with Crippen molar-refractivity contribution in [3.63, 3.8) is 0 Å². The summed E-state index contributed by atoms with van der Waals surface area (Å²) in [6.07, 6.45) is -0.0291. The third-order valence-electron chi connectivity index (χ3n) is 1.78. The number of aldehydes is 1. The van der Waals surface area contributed by atoms with E-state index in [-0.39, 0.29) is 6.29 Å². The van der Waals surface area contributed by atoms with Gasteiger partial charge in [0.15, 0.2) is 6.29 Å². The van der Waals surface area contributed by atoms with E-state index in [2.05, 4.69) is 0 Å². The van der Waals surface area contributed by atoms with Crippen LogP contribution in [0.3, 0.4) is 0 Å². The van der Waals surface area contributed by atoms with Gasteiger partial charge in [-0.25, -0.2) is 0 Å². The monoisotopic (exact) mass is 282 g/mol. The molecule has 3 N–H and O–H groups in total. The lowest BCUT2D eigenvalue weighted by atomic mass is 10.2. The maximum absolute atomic E-state index is 10.8. The zero-order valence-corrected chi connectivity index (χ0v) is 9.56. The molecule has 94 valence electrons. The van der Waals surface area contributed by atoms with Crippen molar-refractivity contribution in [3.05, 3.63) is 17.7 Å². The first-order chi connectivity index (χ1) is 7.57. The van der Waals surface area contributed by atoms with Crippen LogP contribution in [0.1, 0.15) is 10.4 Å². The molecule has 0 heterocycles. The van der Waals surface area contributed by atoms with E-state index in [1.54, 1.807) is 0 Å². The molecule has 8 nitrogen and oxygen atoms in total. The normalized spacial score (nSPS) is 12.4. The number of rotatable bonds is 3. The van der Waals surface area contributed by atoms with E-state index in [9.17, 15) is 26.7 Å². The van der Waals surface area contributed by atoms with Crippen LogP contribution in [-0.2, 0) is 20.2 Å². The Morgan fingerprint density at radius 3 is 1.88 bits per heavy atom. The van der Waals surface area contributed by atoms with Gasteiger partial charge in [-0.3, -0.25) is 13.9 Å². The average molecular weight is 282 g/mol.